The van der Waals surface area contributed by atoms with Gasteiger partial charge in [-0.2, -0.15) is 0 Å². The molecule has 0 fully saturated rings. The number of rotatable bonds is 4. The van der Waals surface area contributed by atoms with E-state index in [4.69, 9.17) is 4.74 Å². The maximum absolute atomic E-state index is 11.6. The van der Waals surface area contributed by atoms with Crippen LogP contribution < -0.4 is 4.74 Å². The molecule has 0 aliphatic carbocycles. The van der Waals surface area contributed by atoms with Crippen LogP contribution in [0.1, 0.15) is 30.2 Å². The molecule has 0 aliphatic heterocycles. The molecule has 0 N–H and O–H groups in total. The fourth-order valence-corrected chi connectivity index (χ4v) is 2.23. The smallest absolute Gasteiger partial charge is 0.336 e. The summed E-state index contributed by atoms with van der Waals surface area (Å²) >= 11 is 1.58. The van der Waals surface area contributed by atoms with E-state index in [2.05, 4.69) is 13.8 Å². The molecule has 0 spiro atoms. The zero-order chi connectivity index (χ0) is 13.7. The Kier molecular flexibility index (Phi) is 4.53. The first kappa shape index (κ1) is 13.6. The van der Waals surface area contributed by atoms with Gasteiger partial charge in [-0.25, -0.2) is 4.79 Å². The van der Waals surface area contributed by atoms with Crippen LogP contribution in [0.4, 0.5) is 0 Å². The molecule has 0 saturated heterocycles. The molecule has 0 bridgehead atoms. The van der Waals surface area contributed by atoms with Crippen molar-refractivity contribution < 1.29 is 9.53 Å². The SMILES string of the molecule is CC(C)c1ccc(OC(=O)C=Cc2cccs2)cc1. The monoisotopic (exact) mass is 272 g/mol. The molecular formula is C16H16O2S. The van der Waals surface area contributed by atoms with Crippen molar-refractivity contribution >= 4 is 23.4 Å². The molecule has 98 valence electrons. The van der Waals surface area contributed by atoms with Gasteiger partial charge >= 0.3 is 5.97 Å². The number of esters is 1. The Morgan fingerprint density at radius 3 is 2.53 bits per heavy atom. The lowest BCUT2D eigenvalue weighted by molar-refractivity contribution is -0.128. The zero-order valence-corrected chi connectivity index (χ0v) is 11.8. The zero-order valence-electron chi connectivity index (χ0n) is 11.0. The van der Waals surface area contributed by atoms with Gasteiger partial charge in [0.05, 0.1) is 0 Å². The van der Waals surface area contributed by atoms with Crippen molar-refractivity contribution in [2.75, 3.05) is 0 Å². The minimum atomic E-state index is -0.356. The van der Waals surface area contributed by atoms with Crippen LogP contribution in [0.3, 0.4) is 0 Å². The second-order valence-electron chi connectivity index (χ2n) is 4.49. The molecule has 0 amide bonds. The van der Waals surface area contributed by atoms with E-state index >= 15 is 0 Å². The molecule has 3 heteroatoms. The molecule has 0 atom stereocenters. The summed E-state index contributed by atoms with van der Waals surface area (Å²) in [6.45, 7) is 4.26. The first-order valence-corrected chi connectivity index (χ1v) is 7.06. The highest BCUT2D eigenvalue weighted by Crippen LogP contribution is 2.19. The highest BCUT2D eigenvalue weighted by atomic mass is 32.1. The van der Waals surface area contributed by atoms with E-state index in [-0.39, 0.29) is 5.97 Å². The van der Waals surface area contributed by atoms with Crippen LogP contribution in [0, 0.1) is 0 Å². The molecule has 0 unspecified atom stereocenters. The van der Waals surface area contributed by atoms with Gasteiger partial charge in [-0.3, -0.25) is 0 Å². The predicted octanol–water partition coefficient (Wildman–Crippen LogP) is 4.49. The van der Waals surface area contributed by atoms with Crippen LogP contribution in [-0.4, -0.2) is 5.97 Å². The lowest BCUT2D eigenvalue weighted by Gasteiger charge is -2.06. The van der Waals surface area contributed by atoms with Crippen LogP contribution in [0.15, 0.2) is 47.9 Å². The fraction of sp³-hybridized carbons (Fsp3) is 0.188. The fourth-order valence-electron chi connectivity index (χ4n) is 1.61. The number of thiophene rings is 1. The number of carbonyl (C=O) groups excluding carboxylic acids is 1. The summed E-state index contributed by atoms with van der Waals surface area (Å²) in [7, 11) is 0. The van der Waals surface area contributed by atoms with E-state index in [0.717, 1.165) is 4.88 Å². The molecular weight excluding hydrogens is 256 g/mol. The highest BCUT2D eigenvalue weighted by molar-refractivity contribution is 7.10. The third-order valence-corrected chi connectivity index (χ3v) is 3.53. The van der Waals surface area contributed by atoms with Crippen molar-refractivity contribution in [3.05, 3.63) is 58.3 Å². The van der Waals surface area contributed by atoms with Crippen molar-refractivity contribution in [2.24, 2.45) is 0 Å². The first-order valence-electron chi connectivity index (χ1n) is 6.18. The van der Waals surface area contributed by atoms with Crippen molar-refractivity contribution in [3.63, 3.8) is 0 Å². The van der Waals surface area contributed by atoms with Crippen molar-refractivity contribution in [2.45, 2.75) is 19.8 Å². The van der Waals surface area contributed by atoms with Crippen LogP contribution in [-0.2, 0) is 4.79 Å². The second kappa shape index (κ2) is 6.34. The summed E-state index contributed by atoms with van der Waals surface area (Å²) in [5, 5.41) is 1.97. The van der Waals surface area contributed by atoms with E-state index in [1.807, 2.05) is 41.8 Å². The van der Waals surface area contributed by atoms with Gasteiger partial charge in [0.2, 0.25) is 0 Å². The summed E-state index contributed by atoms with van der Waals surface area (Å²) in [6, 6.07) is 11.5. The Morgan fingerprint density at radius 1 is 1.21 bits per heavy atom. The molecule has 1 aromatic carbocycles. The van der Waals surface area contributed by atoms with E-state index in [0.29, 0.717) is 11.7 Å². The average molecular weight is 272 g/mol. The van der Waals surface area contributed by atoms with E-state index in [9.17, 15) is 4.79 Å². The van der Waals surface area contributed by atoms with Crippen molar-refractivity contribution in [1.29, 1.82) is 0 Å². The minimum Gasteiger partial charge on any atom is -0.423 e. The van der Waals surface area contributed by atoms with Gasteiger partial charge in [-0.05, 0) is 41.1 Å². The van der Waals surface area contributed by atoms with Crippen molar-refractivity contribution in [1.82, 2.24) is 0 Å². The molecule has 1 heterocycles. The standard InChI is InChI=1S/C16H16O2S/c1-12(2)13-5-7-14(8-6-13)18-16(17)10-9-15-4-3-11-19-15/h3-12H,1-2H3. The van der Waals surface area contributed by atoms with Crippen molar-refractivity contribution in [3.8, 4) is 5.75 Å². The summed E-state index contributed by atoms with van der Waals surface area (Å²) in [4.78, 5) is 12.7. The summed E-state index contributed by atoms with van der Waals surface area (Å²) < 4.78 is 5.23. The quantitative estimate of drug-likeness (QED) is 0.465. The lowest BCUT2D eigenvalue weighted by Crippen LogP contribution is -2.03. The Bertz CT molecular complexity index is 551. The van der Waals surface area contributed by atoms with Gasteiger partial charge in [-0.15, -0.1) is 11.3 Å². The number of carbonyl (C=O) groups is 1. The number of hydrogen-bond donors (Lipinski definition) is 0. The Hall–Kier alpha value is -1.87. The summed E-state index contributed by atoms with van der Waals surface area (Å²) in [5.74, 6) is 0.694. The van der Waals surface area contributed by atoms with Crippen LogP contribution in [0.2, 0.25) is 0 Å². The minimum absolute atomic E-state index is 0.356. The average Bonchev–Trinajstić information content (AvgIpc) is 2.90. The molecule has 19 heavy (non-hydrogen) atoms. The van der Waals surface area contributed by atoms with E-state index in [1.54, 1.807) is 17.4 Å². The van der Waals surface area contributed by atoms with Gasteiger partial charge in [0.15, 0.2) is 0 Å². The third kappa shape index (κ3) is 4.07. The molecule has 0 radical (unpaired) electrons. The molecule has 0 aliphatic rings. The first-order chi connectivity index (χ1) is 9.15. The van der Waals surface area contributed by atoms with E-state index in [1.165, 1.54) is 11.6 Å². The maximum atomic E-state index is 11.6. The molecule has 2 rings (SSSR count). The van der Waals surface area contributed by atoms with Gasteiger partial charge in [-0.1, -0.05) is 32.0 Å². The highest BCUT2D eigenvalue weighted by Gasteiger charge is 2.02. The summed E-state index contributed by atoms with van der Waals surface area (Å²) in [5.41, 5.74) is 1.23. The Balaban J connectivity index is 1.95. The van der Waals surface area contributed by atoms with Crippen LogP contribution in [0.5, 0.6) is 5.75 Å². The van der Waals surface area contributed by atoms with Gasteiger partial charge in [0, 0.05) is 11.0 Å². The Labute approximate surface area is 117 Å². The topological polar surface area (TPSA) is 26.3 Å². The third-order valence-electron chi connectivity index (χ3n) is 2.69. The van der Waals surface area contributed by atoms with Crippen LogP contribution in [0.25, 0.3) is 6.08 Å². The van der Waals surface area contributed by atoms with Gasteiger partial charge in [0.25, 0.3) is 0 Å². The largest absolute Gasteiger partial charge is 0.423 e. The Morgan fingerprint density at radius 2 is 1.95 bits per heavy atom. The summed E-state index contributed by atoms with van der Waals surface area (Å²) in [6.07, 6.45) is 3.21. The molecule has 0 saturated carbocycles. The molecule has 2 nitrogen and oxygen atoms in total. The molecule has 1 aromatic heterocycles. The number of benzene rings is 1. The van der Waals surface area contributed by atoms with E-state index < -0.39 is 0 Å². The number of ether oxygens (including phenoxy) is 1. The number of hydrogen-bond acceptors (Lipinski definition) is 3. The van der Waals surface area contributed by atoms with Crippen LogP contribution >= 0.6 is 11.3 Å². The van der Waals surface area contributed by atoms with Gasteiger partial charge in [0.1, 0.15) is 5.75 Å². The molecule has 2 aromatic rings. The maximum Gasteiger partial charge on any atom is 0.336 e. The predicted molar refractivity (Wildman–Crippen MR) is 79.5 cm³/mol. The second-order valence-corrected chi connectivity index (χ2v) is 5.47. The van der Waals surface area contributed by atoms with Gasteiger partial charge < -0.3 is 4.74 Å². The normalized spacial score (nSPS) is 11.1. The lowest BCUT2D eigenvalue weighted by atomic mass is 10.0.